The highest BCUT2D eigenvalue weighted by Gasteiger charge is 2.32. The Hall–Kier alpha value is -4.02. The summed E-state index contributed by atoms with van der Waals surface area (Å²) < 4.78 is 45.9. The van der Waals surface area contributed by atoms with Gasteiger partial charge in [-0.05, 0) is 42.3 Å². The van der Waals surface area contributed by atoms with Crippen molar-refractivity contribution in [2.24, 2.45) is 0 Å². The molecule has 0 aliphatic carbocycles. The van der Waals surface area contributed by atoms with Gasteiger partial charge in [-0.2, -0.15) is 13.2 Å². The molecule has 3 N–H and O–H groups in total. The second-order valence-electron chi connectivity index (χ2n) is 7.60. The zero-order valence-corrected chi connectivity index (χ0v) is 17.1. The minimum absolute atomic E-state index is 0.143. The van der Waals surface area contributed by atoms with Crippen molar-refractivity contribution in [3.05, 3.63) is 69.0 Å². The van der Waals surface area contributed by atoms with E-state index in [1.54, 1.807) is 19.1 Å². The number of carbonyl (C=O) groups is 2. The molecule has 3 aromatic rings. The Labute approximate surface area is 183 Å². The van der Waals surface area contributed by atoms with Gasteiger partial charge in [-0.3, -0.25) is 19.0 Å². The molecule has 0 saturated carbocycles. The van der Waals surface area contributed by atoms with E-state index in [0.717, 1.165) is 12.1 Å². The van der Waals surface area contributed by atoms with Crippen LogP contribution in [0.25, 0.3) is 10.9 Å². The summed E-state index contributed by atoms with van der Waals surface area (Å²) in [6.07, 6.45) is -5.35. The third-order valence-corrected chi connectivity index (χ3v) is 5.29. The van der Waals surface area contributed by atoms with Crippen LogP contribution in [0, 0.1) is 6.92 Å². The number of rotatable bonds is 4. The fraction of sp³-hybridized carbons (Fsp3) is 0.227. The summed E-state index contributed by atoms with van der Waals surface area (Å²) >= 11 is 0. The van der Waals surface area contributed by atoms with Crippen LogP contribution in [-0.2, 0) is 17.5 Å². The van der Waals surface area contributed by atoms with Gasteiger partial charge in [-0.25, -0.2) is 0 Å². The van der Waals surface area contributed by atoms with Crippen LogP contribution in [0.15, 0.2) is 41.2 Å². The third kappa shape index (κ3) is 3.97. The molecule has 1 aliphatic rings. The fourth-order valence-electron chi connectivity index (χ4n) is 3.81. The van der Waals surface area contributed by atoms with Crippen molar-refractivity contribution in [2.45, 2.75) is 25.7 Å². The molecule has 0 saturated heterocycles. The Balaban J connectivity index is 1.83. The molecule has 1 atom stereocenters. The van der Waals surface area contributed by atoms with Gasteiger partial charge in [0.25, 0.3) is 11.5 Å². The highest BCUT2D eigenvalue weighted by Crippen LogP contribution is 2.40. The molecule has 8 nitrogen and oxygen atoms in total. The Morgan fingerprint density at radius 2 is 1.88 bits per heavy atom. The van der Waals surface area contributed by atoms with Crippen LogP contribution in [0.3, 0.4) is 0 Å². The number of amides is 1. The first-order valence-electron chi connectivity index (χ1n) is 9.71. The number of hydrogen-bond donors (Lipinski definition) is 3. The summed E-state index contributed by atoms with van der Waals surface area (Å²) in [6.45, 7) is 0.794. The van der Waals surface area contributed by atoms with Gasteiger partial charge >= 0.3 is 12.1 Å². The van der Waals surface area contributed by atoms with Crippen LogP contribution in [0.5, 0.6) is 11.5 Å². The molecule has 0 bridgehead atoms. The topological polar surface area (TPSA) is 118 Å². The molecule has 1 amide bonds. The number of pyridine rings is 1. The van der Waals surface area contributed by atoms with E-state index in [1.807, 2.05) is 0 Å². The predicted octanol–water partition coefficient (Wildman–Crippen LogP) is 2.98. The highest BCUT2D eigenvalue weighted by atomic mass is 19.4. The monoisotopic (exact) mass is 462 g/mol. The molecule has 4 rings (SSSR count). The Bertz CT molecular complexity index is 1350. The van der Waals surface area contributed by atoms with Gasteiger partial charge in [0.2, 0.25) is 0 Å². The number of nitrogens with one attached hydrogen (secondary N) is 1. The van der Waals surface area contributed by atoms with Crippen LogP contribution >= 0.6 is 0 Å². The maximum Gasteiger partial charge on any atom is 0.416 e. The lowest BCUT2D eigenvalue weighted by molar-refractivity contribution is -0.138. The van der Waals surface area contributed by atoms with Crippen molar-refractivity contribution in [2.75, 3.05) is 6.54 Å². The molecule has 1 aliphatic heterocycles. The molecule has 0 spiro atoms. The Morgan fingerprint density at radius 1 is 1.21 bits per heavy atom. The van der Waals surface area contributed by atoms with Gasteiger partial charge < -0.3 is 20.3 Å². The molecule has 0 radical (unpaired) electrons. The van der Waals surface area contributed by atoms with Crippen molar-refractivity contribution >= 4 is 22.8 Å². The molecule has 0 fully saturated rings. The number of benzene rings is 2. The summed E-state index contributed by atoms with van der Waals surface area (Å²) in [7, 11) is 0. The lowest BCUT2D eigenvalue weighted by atomic mass is 10.0. The van der Waals surface area contributed by atoms with Crippen molar-refractivity contribution in [1.29, 1.82) is 0 Å². The van der Waals surface area contributed by atoms with Crippen LogP contribution in [-0.4, -0.2) is 33.2 Å². The number of carboxylic acid groups (broad SMARTS) is 1. The SMILES string of the molecule is Cc1cc2c3c(c1)c(O)c(C(=O)NCC(=O)O)c(=O)n3CC(c1ccc(C(F)(F)F)cc1)O2. The third-order valence-electron chi connectivity index (χ3n) is 5.29. The average molecular weight is 462 g/mol. The van der Waals surface area contributed by atoms with E-state index >= 15 is 0 Å². The van der Waals surface area contributed by atoms with Crippen LogP contribution in [0.2, 0.25) is 0 Å². The number of aryl methyl sites for hydroxylation is 1. The number of aromatic hydroxyl groups is 1. The van der Waals surface area contributed by atoms with E-state index in [2.05, 4.69) is 5.32 Å². The zero-order valence-electron chi connectivity index (χ0n) is 17.1. The van der Waals surface area contributed by atoms with Gasteiger partial charge in [-0.1, -0.05) is 12.1 Å². The van der Waals surface area contributed by atoms with Crippen LogP contribution in [0.1, 0.15) is 33.2 Å². The van der Waals surface area contributed by atoms with Gasteiger partial charge in [0, 0.05) is 5.39 Å². The average Bonchev–Trinajstić information content (AvgIpc) is 2.74. The lowest BCUT2D eigenvalue weighted by Crippen LogP contribution is -2.38. The molecule has 2 heterocycles. The normalized spacial score (nSPS) is 15.2. The number of aromatic nitrogens is 1. The first-order chi connectivity index (χ1) is 15.5. The Morgan fingerprint density at radius 3 is 2.48 bits per heavy atom. The number of halogens is 3. The smallest absolute Gasteiger partial charge is 0.416 e. The lowest BCUT2D eigenvalue weighted by Gasteiger charge is -2.29. The van der Waals surface area contributed by atoms with E-state index in [0.29, 0.717) is 11.1 Å². The van der Waals surface area contributed by atoms with Gasteiger partial charge in [-0.15, -0.1) is 0 Å². The van der Waals surface area contributed by atoms with Gasteiger partial charge in [0.15, 0.2) is 0 Å². The van der Waals surface area contributed by atoms with E-state index < -0.39 is 53.1 Å². The molecular weight excluding hydrogens is 445 g/mol. The summed E-state index contributed by atoms with van der Waals surface area (Å²) in [4.78, 5) is 36.4. The first kappa shape index (κ1) is 22.2. The number of aliphatic carboxylic acids is 1. The molecular formula is C22H17F3N2O6. The van der Waals surface area contributed by atoms with Crippen LogP contribution in [0.4, 0.5) is 13.2 Å². The predicted molar refractivity (Wildman–Crippen MR) is 109 cm³/mol. The second kappa shape index (κ2) is 7.84. The quantitative estimate of drug-likeness (QED) is 0.549. The van der Waals surface area contributed by atoms with E-state index in [9.17, 15) is 32.7 Å². The molecule has 2 aromatic carbocycles. The van der Waals surface area contributed by atoms with Crippen molar-refractivity contribution in [3.63, 3.8) is 0 Å². The van der Waals surface area contributed by atoms with Crippen molar-refractivity contribution in [3.8, 4) is 11.5 Å². The number of carboxylic acids is 1. The fourth-order valence-corrected chi connectivity index (χ4v) is 3.81. The number of ether oxygens (including phenoxy) is 1. The van der Waals surface area contributed by atoms with Gasteiger partial charge in [0.05, 0.1) is 17.6 Å². The van der Waals surface area contributed by atoms with Gasteiger partial charge in [0.1, 0.15) is 29.7 Å². The number of nitrogens with zero attached hydrogens (tertiary/aromatic N) is 1. The molecule has 1 unspecified atom stereocenters. The number of alkyl halides is 3. The summed E-state index contributed by atoms with van der Waals surface area (Å²) in [5.41, 5.74) is -1.12. The van der Waals surface area contributed by atoms with Crippen molar-refractivity contribution < 1.29 is 37.7 Å². The molecule has 11 heteroatoms. The molecule has 33 heavy (non-hydrogen) atoms. The highest BCUT2D eigenvalue weighted by molar-refractivity contribution is 6.04. The summed E-state index contributed by atoms with van der Waals surface area (Å²) in [5.74, 6) is -2.80. The first-order valence-corrected chi connectivity index (χ1v) is 9.71. The summed E-state index contributed by atoms with van der Waals surface area (Å²) in [5, 5.41) is 21.7. The standard InChI is InChI=1S/C22H17F3N2O6/c1-10-6-13-18-14(7-10)33-15(11-2-4-12(5-3-11)22(23,24)25)9-27(18)21(32)17(19(13)30)20(31)26-8-16(28)29/h2-7,15,30H,8-9H2,1H3,(H,26,31)(H,28,29). The molecule has 1 aromatic heterocycles. The largest absolute Gasteiger partial charge is 0.506 e. The maximum atomic E-state index is 13.1. The van der Waals surface area contributed by atoms with E-state index in [-0.39, 0.29) is 23.2 Å². The van der Waals surface area contributed by atoms with E-state index in [1.165, 1.54) is 16.7 Å². The zero-order chi connectivity index (χ0) is 24.1. The van der Waals surface area contributed by atoms with E-state index in [4.69, 9.17) is 9.84 Å². The number of hydrogen-bond acceptors (Lipinski definition) is 5. The minimum atomic E-state index is -4.51. The Kier molecular flexibility index (Phi) is 5.27. The van der Waals surface area contributed by atoms with Crippen molar-refractivity contribution in [1.82, 2.24) is 9.88 Å². The minimum Gasteiger partial charge on any atom is -0.506 e. The molecule has 172 valence electrons. The summed E-state index contributed by atoms with van der Waals surface area (Å²) in [6, 6.07) is 7.46. The second-order valence-corrected chi connectivity index (χ2v) is 7.60. The number of carbonyl (C=O) groups excluding carboxylic acids is 1. The van der Waals surface area contributed by atoms with Crippen LogP contribution < -0.4 is 15.6 Å². The maximum absolute atomic E-state index is 13.1.